The minimum atomic E-state index is -2.69. The number of phenols is 1. The number of phenolic OH excluding ortho intramolecular Hbond substituents is 1. The number of aromatic hydroxyl groups is 1. The lowest BCUT2D eigenvalue weighted by Gasteiger charge is -2.34. The average Bonchev–Trinajstić information content (AvgIpc) is 3.26. The number of nitrogens with one attached hydrogen (secondary N) is 1. The molecule has 2 N–H and O–H groups in total. The summed E-state index contributed by atoms with van der Waals surface area (Å²) < 4.78 is 49.9. The molecule has 0 spiro atoms. The molecule has 7 nitrogen and oxygen atoms in total. The second-order valence-corrected chi connectivity index (χ2v) is 10.9. The van der Waals surface area contributed by atoms with Crippen molar-refractivity contribution in [1.82, 2.24) is 20.3 Å². The Morgan fingerprint density at radius 1 is 0.974 bits per heavy atom. The van der Waals surface area contributed by atoms with E-state index in [1.807, 2.05) is 24.3 Å². The zero-order valence-electron chi connectivity index (χ0n) is 21.2. The molecule has 3 aliphatic rings. The van der Waals surface area contributed by atoms with Gasteiger partial charge in [0.25, 0.3) is 0 Å². The van der Waals surface area contributed by atoms with Gasteiger partial charge in [-0.2, -0.15) is 9.97 Å². The van der Waals surface area contributed by atoms with Gasteiger partial charge in [-0.25, -0.2) is 13.2 Å². The highest BCUT2D eigenvalue weighted by Crippen LogP contribution is 2.39. The summed E-state index contributed by atoms with van der Waals surface area (Å²) in [6.45, 7) is 1.41. The minimum Gasteiger partial charge on any atom is -0.508 e. The SMILES string of the molecule is Oc1cc(-c2ncc3c(N4CC5CCC(C4)N5)nc(OC4CCC(F)(F)CC4)nc3c2F)c2ccccc2c1. The summed E-state index contributed by atoms with van der Waals surface area (Å²) in [5.74, 6) is -2.80. The van der Waals surface area contributed by atoms with Crippen molar-refractivity contribution in [2.45, 2.75) is 62.6 Å². The number of pyridine rings is 1. The van der Waals surface area contributed by atoms with Gasteiger partial charge in [-0.15, -0.1) is 0 Å². The van der Waals surface area contributed by atoms with Crippen LogP contribution < -0.4 is 15.0 Å². The molecular formula is C29H28F3N5O2. The Balaban J connectivity index is 1.35. The van der Waals surface area contributed by atoms with Crippen LogP contribution in [0.2, 0.25) is 0 Å². The van der Waals surface area contributed by atoms with Crippen molar-refractivity contribution in [3.63, 3.8) is 0 Å². The molecule has 2 saturated heterocycles. The van der Waals surface area contributed by atoms with Crippen LogP contribution in [0.25, 0.3) is 32.9 Å². The molecule has 3 fully saturated rings. The summed E-state index contributed by atoms with van der Waals surface area (Å²) in [5, 5.41) is 15.9. The molecular weight excluding hydrogens is 507 g/mol. The molecule has 2 aliphatic heterocycles. The largest absolute Gasteiger partial charge is 0.508 e. The summed E-state index contributed by atoms with van der Waals surface area (Å²) in [6, 6.07) is 11.1. The van der Waals surface area contributed by atoms with Crippen LogP contribution in [0.4, 0.5) is 19.0 Å². The number of nitrogens with zero attached hydrogens (tertiary/aromatic N) is 4. The Kier molecular flexibility index (Phi) is 5.77. The fourth-order valence-electron chi connectivity index (χ4n) is 6.24. The number of aromatic nitrogens is 3. The van der Waals surface area contributed by atoms with E-state index < -0.39 is 17.8 Å². The second kappa shape index (κ2) is 9.22. The second-order valence-electron chi connectivity index (χ2n) is 10.9. The first-order valence-electron chi connectivity index (χ1n) is 13.5. The van der Waals surface area contributed by atoms with Gasteiger partial charge in [-0.05, 0) is 48.6 Å². The van der Waals surface area contributed by atoms with E-state index in [9.17, 15) is 13.9 Å². The quantitative estimate of drug-likeness (QED) is 0.353. The Bertz CT molecular complexity index is 1560. The van der Waals surface area contributed by atoms with Crippen molar-refractivity contribution in [1.29, 1.82) is 0 Å². The van der Waals surface area contributed by atoms with Crippen LogP contribution in [0.1, 0.15) is 38.5 Å². The monoisotopic (exact) mass is 535 g/mol. The normalized spacial score (nSPS) is 23.0. The number of fused-ring (bicyclic) bond motifs is 4. The molecule has 2 atom stereocenters. The molecule has 0 amide bonds. The lowest BCUT2D eigenvalue weighted by molar-refractivity contribution is -0.0594. The number of halogens is 3. The number of hydrogen-bond donors (Lipinski definition) is 2. The third kappa shape index (κ3) is 4.50. The Morgan fingerprint density at radius 2 is 1.72 bits per heavy atom. The lowest BCUT2D eigenvalue weighted by atomic mass is 9.94. The summed E-state index contributed by atoms with van der Waals surface area (Å²) in [7, 11) is 0. The number of benzene rings is 2. The van der Waals surface area contributed by atoms with Crippen molar-refractivity contribution in [2.24, 2.45) is 0 Å². The van der Waals surface area contributed by atoms with Gasteiger partial charge in [0, 0.05) is 49.8 Å². The molecule has 2 aromatic heterocycles. The van der Waals surface area contributed by atoms with Gasteiger partial charge in [0.2, 0.25) is 5.92 Å². The Labute approximate surface area is 223 Å². The molecule has 2 aromatic carbocycles. The van der Waals surface area contributed by atoms with Crippen LogP contribution in [-0.2, 0) is 0 Å². The van der Waals surface area contributed by atoms with Crippen molar-refractivity contribution in [3.8, 4) is 23.0 Å². The van der Waals surface area contributed by atoms with Crippen LogP contribution in [0.5, 0.6) is 11.8 Å². The van der Waals surface area contributed by atoms with Crippen LogP contribution in [0, 0.1) is 5.82 Å². The molecule has 1 saturated carbocycles. The molecule has 2 unspecified atom stereocenters. The standard InChI is InChI=1S/C29H28F3N5O2/c30-24-25(22-12-19(38)11-16-3-1-2-4-21(16)22)33-13-23-26(24)35-28(39-20-7-9-29(31,32)10-8-20)36-27(23)37-14-17-5-6-18(15-37)34-17/h1-4,11-13,17-18,20,34,38H,5-10,14-15H2. The van der Waals surface area contributed by atoms with Gasteiger partial charge >= 0.3 is 6.01 Å². The number of hydrogen-bond acceptors (Lipinski definition) is 7. The maximum absolute atomic E-state index is 16.4. The van der Waals surface area contributed by atoms with Crippen molar-refractivity contribution in [2.75, 3.05) is 18.0 Å². The first-order valence-corrected chi connectivity index (χ1v) is 13.5. The van der Waals surface area contributed by atoms with E-state index in [2.05, 4.69) is 25.2 Å². The van der Waals surface area contributed by atoms with E-state index in [1.165, 1.54) is 6.07 Å². The lowest BCUT2D eigenvalue weighted by Crippen LogP contribution is -2.51. The van der Waals surface area contributed by atoms with E-state index in [0.717, 1.165) is 23.6 Å². The van der Waals surface area contributed by atoms with E-state index >= 15 is 4.39 Å². The topological polar surface area (TPSA) is 83.4 Å². The Morgan fingerprint density at radius 3 is 2.49 bits per heavy atom. The number of alkyl halides is 2. The predicted octanol–water partition coefficient (Wildman–Crippen LogP) is 5.59. The molecule has 1 aliphatic carbocycles. The van der Waals surface area contributed by atoms with Crippen LogP contribution in [0.3, 0.4) is 0 Å². The smallest absolute Gasteiger partial charge is 0.319 e. The molecule has 0 radical (unpaired) electrons. The molecule has 7 rings (SSSR count). The van der Waals surface area contributed by atoms with Gasteiger partial charge in [0.1, 0.15) is 28.9 Å². The van der Waals surface area contributed by atoms with Crippen LogP contribution >= 0.6 is 0 Å². The molecule has 39 heavy (non-hydrogen) atoms. The van der Waals surface area contributed by atoms with Gasteiger partial charge in [0.15, 0.2) is 5.82 Å². The molecule has 202 valence electrons. The van der Waals surface area contributed by atoms with Gasteiger partial charge in [-0.1, -0.05) is 24.3 Å². The molecule has 4 aromatic rings. The maximum Gasteiger partial charge on any atom is 0.319 e. The zero-order valence-corrected chi connectivity index (χ0v) is 21.2. The van der Waals surface area contributed by atoms with E-state index in [1.54, 1.807) is 12.3 Å². The summed E-state index contributed by atoms with van der Waals surface area (Å²) in [5.41, 5.74) is 0.560. The minimum absolute atomic E-state index is 0.00258. The molecule has 4 heterocycles. The summed E-state index contributed by atoms with van der Waals surface area (Å²) >= 11 is 0. The summed E-state index contributed by atoms with van der Waals surface area (Å²) in [6.07, 6.45) is 3.08. The first-order chi connectivity index (χ1) is 18.8. The fraction of sp³-hybridized carbons (Fsp3) is 0.414. The van der Waals surface area contributed by atoms with Gasteiger partial charge < -0.3 is 20.1 Å². The van der Waals surface area contributed by atoms with Gasteiger partial charge in [-0.3, -0.25) is 4.98 Å². The number of anilines is 1. The van der Waals surface area contributed by atoms with E-state index in [4.69, 9.17) is 4.74 Å². The van der Waals surface area contributed by atoms with E-state index in [-0.39, 0.29) is 48.7 Å². The highest BCUT2D eigenvalue weighted by Gasteiger charge is 2.37. The van der Waals surface area contributed by atoms with Crippen molar-refractivity contribution in [3.05, 3.63) is 48.4 Å². The van der Waals surface area contributed by atoms with Crippen molar-refractivity contribution >= 4 is 27.5 Å². The first kappa shape index (κ1) is 24.4. The fourth-order valence-corrected chi connectivity index (χ4v) is 6.24. The third-order valence-corrected chi connectivity index (χ3v) is 8.20. The molecule has 2 bridgehead atoms. The summed E-state index contributed by atoms with van der Waals surface area (Å²) in [4.78, 5) is 15.8. The third-order valence-electron chi connectivity index (χ3n) is 8.20. The highest BCUT2D eigenvalue weighted by atomic mass is 19.3. The predicted molar refractivity (Wildman–Crippen MR) is 142 cm³/mol. The van der Waals surface area contributed by atoms with Crippen molar-refractivity contribution < 1.29 is 23.0 Å². The molecule has 10 heteroatoms. The van der Waals surface area contributed by atoms with Crippen LogP contribution in [0.15, 0.2) is 42.6 Å². The number of ether oxygens (including phenoxy) is 1. The Hall–Kier alpha value is -3.66. The van der Waals surface area contributed by atoms with E-state index in [0.29, 0.717) is 41.9 Å². The van der Waals surface area contributed by atoms with Crippen LogP contribution in [-0.4, -0.2) is 57.3 Å². The maximum atomic E-state index is 16.4. The van der Waals surface area contributed by atoms with Gasteiger partial charge in [0.05, 0.1) is 5.39 Å². The number of piperazine rings is 1. The average molecular weight is 536 g/mol. The highest BCUT2D eigenvalue weighted by molar-refractivity contribution is 5.99. The zero-order chi connectivity index (χ0) is 26.7. The number of rotatable bonds is 4.